The molecule has 0 fully saturated rings. The highest BCUT2D eigenvalue weighted by Crippen LogP contribution is 2.23. The molecule has 0 aliphatic rings. The number of hydrogen-bond acceptors (Lipinski definition) is 5. The lowest BCUT2D eigenvalue weighted by Gasteiger charge is -2.08. The first-order valence-electron chi connectivity index (χ1n) is 7.99. The minimum absolute atomic E-state index is 0.275. The quantitative estimate of drug-likeness (QED) is 0.612. The lowest BCUT2D eigenvalue weighted by Crippen LogP contribution is -2.41. The van der Waals surface area contributed by atoms with Crippen molar-refractivity contribution in [3.63, 3.8) is 0 Å². The third-order valence-electron chi connectivity index (χ3n) is 3.59. The number of nitrogens with one attached hydrogen (secondary N) is 2. The van der Waals surface area contributed by atoms with Crippen molar-refractivity contribution in [3.05, 3.63) is 75.8 Å². The molecule has 0 bridgehead atoms. The van der Waals surface area contributed by atoms with Crippen molar-refractivity contribution in [1.29, 1.82) is 0 Å². The fraction of sp³-hybridized carbons (Fsp3) is 0.105. The molecular formula is C19H16BrN3O4. The number of aryl methyl sites for hydroxylation is 2. The molecule has 0 aliphatic heterocycles. The zero-order valence-electron chi connectivity index (χ0n) is 14.6. The summed E-state index contributed by atoms with van der Waals surface area (Å²) in [5.74, 6) is 1.11. The van der Waals surface area contributed by atoms with Crippen LogP contribution in [0.1, 0.15) is 32.2 Å². The largest absolute Gasteiger partial charge is 0.466 e. The van der Waals surface area contributed by atoms with Crippen molar-refractivity contribution in [2.24, 2.45) is 0 Å². The Morgan fingerprint density at radius 2 is 1.85 bits per heavy atom. The number of pyridine rings is 1. The molecule has 8 heteroatoms. The van der Waals surface area contributed by atoms with Crippen LogP contribution < -0.4 is 15.6 Å². The third-order valence-corrected chi connectivity index (χ3v) is 4.09. The predicted molar refractivity (Wildman–Crippen MR) is 102 cm³/mol. The molecule has 0 saturated carbocycles. The van der Waals surface area contributed by atoms with Gasteiger partial charge < -0.3 is 9.15 Å². The molecule has 2 heterocycles. The Kier molecular flexibility index (Phi) is 5.56. The van der Waals surface area contributed by atoms with Crippen LogP contribution in [0.4, 0.5) is 0 Å². The number of rotatable bonds is 4. The Labute approximate surface area is 163 Å². The highest BCUT2D eigenvalue weighted by Gasteiger charge is 2.15. The van der Waals surface area contributed by atoms with E-state index in [0.717, 1.165) is 4.47 Å². The van der Waals surface area contributed by atoms with E-state index in [9.17, 15) is 9.59 Å². The van der Waals surface area contributed by atoms with Gasteiger partial charge in [-0.15, -0.1) is 0 Å². The molecule has 0 unspecified atom stereocenters. The van der Waals surface area contributed by atoms with E-state index >= 15 is 0 Å². The van der Waals surface area contributed by atoms with Crippen LogP contribution in [0.15, 0.2) is 57.6 Å². The summed E-state index contributed by atoms with van der Waals surface area (Å²) in [5, 5.41) is 0. The first-order chi connectivity index (χ1) is 12.9. The van der Waals surface area contributed by atoms with Gasteiger partial charge in [0, 0.05) is 16.7 Å². The average Bonchev–Trinajstić information content (AvgIpc) is 2.98. The fourth-order valence-electron chi connectivity index (χ4n) is 2.34. The summed E-state index contributed by atoms with van der Waals surface area (Å²) in [6, 6.07) is 12.0. The second-order valence-corrected chi connectivity index (χ2v) is 6.60. The summed E-state index contributed by atoms with van der Waals surface area (Å²) in [5.41, 5.74) is 5.33. The molecule has 1 aromatic carbocycles. The number of amides is 2. The van der Waals surface area contributed by atoms with E-state index in [1.165, 1.54) is 6.20 Å². The Morgan fingerprint density at radius 1 is 1.07 bits per heavy atom. The van der Waals surface area contributed by atoms with Gasteiger partial charge in [0.05, 0.1) is 11.1 Å². The van der Waals surface area contributed by atoms with Gasteiger partial charge in [0.2, 0.25) is 5.88 Å². The van der Waals surface area contributed by atoms with Gasteiger partial charge in [0.25, 0.3) is 11.8 Å². The minimum atomic E-state index is -0.497. The molecule has 7 nitrogen and oxygen atoms in total. The lowest BCUT2D eigenvalue weighted by atomic mass is 10.2. The molecule has 0 radical (unpaired) electrons. The van der Waals surface area contributed by atoms with Gasteiger partial charge in [-0.1, -0.05) is 22.0 Å². The van der Waals surface area contributed by atoms with E-state index < -0.39 is 11.8 Å². The topological polar surface area (TPSA) is 93.5 Å². The van der Waals surface area contributed by atoms with E-state index in [4.69, 9.17) is 9.15 Å². The maximum absolute atomic E-state index is 12.1. The van der Waals surface area contributed by atoms with Crippen LogP contribution in [0.3, 0.4) is 0 Å². The van der Waals surface area contributed by atoms with Crippen LogP contribution in [0, 0.1) is 13.8 Å². The average molecular weight is 430 g/mol. The Balaban J connectivity index is 1.59. The summed E-state index contributed by atoms with van der Waals surface area (Å²) in [7, 11) is 0. The predicted octanol–water partition coefficient (Wildman–Crippen LogP) is 3.92. The summed E-state index contributed by atoms with van der Waals surface area (Å²) in [6.45, 7) is 3.42. The summed E-state index contributed by atoms with van der Waals surface area (Å²) < 4.78 is 11.8. The summed E-state index contributed by atoms with van der Waals surface area (Å²) >= 11 is 3.36. The van der Waals surface area contributed by atoms with Crippen molar-refractivity contribution in [1.82, 2.24) is 15.8 Å². The monoisotopic (exact) mass is 429 g/mol. The highest BCUT2D eigenvalue weighted by atomic mass is 79.9. The minimum Gasteiger partial charge on any atom is -0.466 e. The van der Waals surface area contributed by atoms with Crippen LogP contribution in [0.2, 0.25) is 0 Å². The zero-order chi connectivity index (χ0) is 19.4. The molecule has 3 aromatic rings. The molecular weight excluding hydrogens is 414 g/mol. The third kappa shape index (κ3) is 4.73. The van der Waals surface area contributed by atoms with Crippen LogP contribution in [-0.4, -0.2) is 16.8 Å². The number of carbonyl (C=O) groups excluding carboxylic acids is 2. The second kappa shape index (κ2) is 8.05. The van der Waals surface area contributed by atoms with E-state index in [0.29, 0.717) is 28.7 Å². The molecule has 2 aromatic heterocycles. The molecule has 0 atom stereocenters. The number of nitrogens with zero attached hydrogens (tertiary/aromatic N) is 1. The number of benzene rings is 1. The number of furan rings is 1. The number of aromatic nitrogens is 1. The Morgan fingerprint density at radius 3 is 2.48 bits per heavy atom. The first-order valence-corrected chi connectivity index (χ1v) is 8.79. The summed E-state index contributed by atoms with van der Waals surface area (Å²) in [4.78, 5) is 28.3. The highest BCUT2D eigenvalue weighted by molar-refractivity contribution is 9.10. The normalized spacial score (nSPS) is 10.3. The van der Waals surface area contributed by atoms with Crippen LogP contribution >= 0.6 is 15.9 Å². The number of hydrazine groups is 1. The molecule has 0 saturated heterocycles. The smallest absolute Gasteiger partial charge is 0.273 e. The molecule has 2 N–H and O–H groups in total. The van der Waals surface area contributed by atoms with E-state index in [-0.39, 0.29) is 5.56 Å². The molecule has 2 amide bonds. The van der Waals surface area contributed by atoms with Crippen molar-refractivity contribution in [3.8, 4) is 11.6 Å². The van der Waals surface area contributed by atoms with Gasteiger partial charge in [-0.3, -0.25) is 20.4 Å². The Bertz CT molecular complexity index is 983. The first kappa shape index (κ1) is 18.7. The van der Waals surface area contributed by atoms with Gasteiger partial charge in [-0.2, -0.15) is 0 Å². The van der Waals surface area contributed by atoms with E-state index in [1.807, 2.05) is 12.1 Å². The molecule has 0 aliphatic carbocycles. The zero-order valence-corrected chi connectivity index (χ0v) is 16.2. The number of hydrogen-bond donors (Lipinski definition) is 2. The van der Waals surface area contributed by atoms with Gasteiger partial charge in [-0.05, 0) is 44.2 Å². The van der Waals surface area contributed by atoms with Gasteiger partial charge in [0.15, 0.2) is 0 Å². The number of ether oxygens (including phenoxy) is 1. The number of halogens is 1. The van der Waals surface area contributed by atoms with Crippen LogP contribution in [-0.2, 0) is 0 Å². The van der Waals surface area contributed by atoms with Crippen LogP contribution in [0.25, 0.3) is 0 Å². The molecule has 0 spiro atoms. The van der Waals surface area contributed by atoms with Crippen molar-refractivity contribution in [2.45, 2.75) is 13.8 Å². The van der Waals surface area contributed by atoms with E-state index in [1.54, 1.807) is 44.2 Å². The van der Waals surface area contributed by atoms with Gasteiger partial charge in [-0.25, -0.2) is 4.98 Å². The summed E-state index contributed by atoms with van der Waals surface area (Å²) in [6.07, 6.45) is 1.36. The molecule has 27 heavy (non-hydrogen) atoms. The maximum atomic E-state index is 12.1. The van der Waals surface area contributed by atoms with Gasteiger partial charge >= 0.3 is 0 Å². The van der Waals surface area contributed by atoms with Crippen molar-refractivity contribution >= 4 is 27.7 Å². The van der Waals surface area contributed by atoms with Crippen molar-refractivity contribution in [2.75, 3.05) is 0 Å². The second-order valence-electron chi connectivity index (χ2n) is 5.68. The molecule has 3 rings (SSSR count). The Hall–Kier alpha value is -3.13. The lowest BCUT2D eigenvalue weighted by molar-refractivity contribution is 0.0845. The standard InChI is InChI=1S/C19H16BrN3O4/c1-11-8-16(12(2)26-11)19(25)23-22-18(24)13-6-7-17(21-10-13)27-15-5-3-4-14(20)9-15/h3-10H,1-2H3,(H,22,24)(H,23,25). The molecule has 138 valence electrons. The number of carbonyl (C=O) groups is 2. The maximum Gasteiger partial charge on any atom is 0.273 e. The van der Waals surface area contributed by atoms with Gasteiger partial charge in [0.1, 0.15) is 17.3 Å². The SMILES string of the molecule is Cc1cc(C(=O)NNC(=O)c2ccc(Oc3cccc(Br)c3)nc2)c(C)o1. The fourth-order valence-corrected chi connectivity index (χ4v) is 2.71. The van der Waals surface area contributed by atoms with Crippen LogP contribution in [0.5, 0.6) is 11.6 Å². The van der Waals surface area contributed by atoms with Crippen molar-refractivity contribution < 1.29 is 18.7 Å². The van der Waals surface area contributed by atoms with E-state index in [2.05, 4.69) is 31.8 Å².